The van der Waals surface area contributed by atoms with Gasteiger partial charge in [-0.05, 0) is 33.0 Å². The second-order valence-electron chi connectivity index (χ2n) is 4.26. The number of hydrogen-bond acceptors (Lipinski definition) is 4. The summed E-state index contributed by atoms with van der Waals surface area (Å²) in [6.07, 6.45) is -0.284. The van der Waals surface area contributed by atoms with Gasteiger partial charge in [-0.15, -0.1) is 0 Å². The molecule has 1 aliphatic heterocycles. The van der Waals surface area contributed by atoms with E-state index in [1.165, 1.54) is 0 Å². The highest BCUT2D eigenvalue weighted by molar-refractivity contribution is 7.78. The molecule has 14 heavy (non-hydrogen) atoms. The number of ether oxygens (including phenoxy) is 1. The van der Waals surface area contributed by atoms with Gasteiger partial charge in [0.2, 0.25) is 0 Å². The summed E-state index contributed by atoms with van der Waals surface area (Å²) in [5.74, 6) is 0. The van der Waals surface area contributed by atoms with Crippen LogP contribution in [-0.2, 0) is 4.74 Å². The summed E-state index contributed by atoms with van der Waals surface area (Å²) in [5.41, 5.74) is -0.435. The monoisotopic (exact) mass is 214 g/mol. The second kappa shape index (κ2) is 4.07. The lowest BCUT2D eigenvalue weighted by atomic mass is 10.1. The van der Waals surface area contributed by atoms with Gasteiger partial charge in [0.15, 0.2) is 0 Å². The zero-order valence-electron chi connectivity index (χ0n) is 8.61. The summed E-state index contributed by atoms with van der Waals surface area (Å²) in [7, 11) is 0. The molecule has 78 valence electrons. The van der Waals surface area contributed by atoms with Gasteiger partial charge in [-0.25, -0.2) is 9.79 Å². The first kappa shape index (κ1) is 11.1. The van der Waals surface area contributed by atoms with Gasteiger partial charge in [0, 0.05) is 13.1 Å². The van der Waals surface area contributed by atoms with Gasteiger partial charge in [0.05, 0.1) is 11.2 Å². The van der Waals surface area contributed by atoms with Crippen LogP contribution < -0.4 is 0 Å². The predicted octanol–water partition coefficient (Wildman–Crippen LogP) is 1.71. The van der Waals surface area contributed by atoms with E-state index in [1.54, 1.807) is 4.90 Å². The minimum Gasteiger partial charge on any atom is -0.444 e. The lowest BCUT2D eigenvalue weighted by molar-refractivity contribution is 0.00913. The molecule has 0 aromatic heterocycles. The molecule has 5 heteroatoms. The number of hydrogen-bond donors (Lipinski definition) is 0. The van der Waals surface area contributed by atoms with E-state index in [4.69, 9.17) is 4.74 Å². The molecule has 4 nitrogen and oxygen atoms in total. The van der Waals surface area contributed by atoms with Crippen LogP contribution in [0.5, 0.6) is 0 Å². The zero-order valence-corrected chi connectivity index (χ0v) is 9.43. The van der Waals surface area contributed by atoms with E-state index >= 15 is 0 Å². The molecule has 0 N–H and O–H groups in total. The SMILES string of the molecule is CC(C)(C)OC(=O)N1CC(N=C=S)C1. The highest BCUT2D eigenvalue weighted by atomic mass is 32.1. The summed E-state index contributed by atoms with van der Waals surface area (Å²) >= 11 is 4.47. The van der Waals surface area contributed by atoms with Crippen LogP contribution in [-0.4, -0.2) is 40.9 Å². The standard InChI is InChI=1S/C9H14N2O2S/c1-9(2,3)13-8(12)11-4-7(5-11)10-6-14/h7H,4-5H2,1-3H3. The molecule has 1 amide bonds. The first-order chi connectivity index (χ1) is 6.42. The Morgan fingerprint density at radius 2 is 2.14 bits per heavy atom. The Bertz CT molecular complexity index is 273. The molecule has 0 unspecified atom stereocenters. The lowest BCUT2D eigenvalue weighted by Crippen LogP contribution is -2.53. The molecule has 1 aliphatic rings. The number of carbonyl (C=O) groups is 1. The Kier molecular flexibility index (Phi) is 3.24. The fourth-order valence-electron chi connectivity index (χ4n) is 1.09. The molecule has 0 spiro atoms. The van der Waals surface area contributed by atoms with Gasteiger partial charge in [0.25, 0.3) is 0 Å². The normalized spacial score (nSPS) is 16.9. The van der Waals surface area contributed by atoms with Crippen molar-refractivity contribution >= 4 is 23.5 Å². The second-order valence-corrected chi connectivity index (χ2v) is 4.44. The molecule has 0 aromatic carbocycles. The van der Waals surface area contributed by atoms with Crippen molar-refractivity contribution in [2.24, 2.45) is 4.99 Å². The first-order valence-electron chi connectivity index (χ1n) is 4.47. The largest absolute Gasteiger partial charge is 0.444 e. The van der Waals surface area contributed by atoms with E-state index in [-0.39, 0.29) is 12.1 Å². The van der Waals surface area contributed by atoms with Gasteiger partial charge in [0.1, 0.15) is 5.60 Å². The third-order valence-electron chi connectivity index (χ3n) is 1.75. The van der Waals surface area contributed by atoms with Crippen LogP contribution in [0.1, 0.15) is 20.8 Å². The molecule has 0 atom stereocenters. The van der Waals surface area contributed by atoms with Crippen molar-refractivity contribution < 1.29 is 9.53 Å². The summed E-state index contributed by atoms with van der Waals surface area (Å²) in [6, 6.07) is 0.111. The van der Waals surface area contributed by atoms with Gasteiger partial charge in [-0.1, -0.05) is 0 Å². The minimum absolute atomic E-state index is 0.111. The third kappa shape index (κ3) is 3.09. The van der Waals surface area contributed by atoms with E-state index in [0.717, 1.165) is 0 Å². The molecule has 1 rings (SSSR count). The smallest absolute Gasteiger partial charge is 0.410 e. The van der Waals surface area contributed by atoms with Crippen LogP contribution in [0.15, 0.2) is 4.99 Å². The van der Waals surface area contributed by atoms with Crippen molar-refractivity contribution in [1.29, 1.82) is 0 Å². The lowest BCUT2D eigenvalue weighted by Gasteiger charge is -2.36. The van der Waals surface area contributed by atoms with Crippen molar-refractivity contribution in [2.45, 2.75) is 32.4 Å². The Morgan fingerprint density at radius 1 is 1.57 bits per heavy atom. The van der Waals surface area contributed by atoms with E-state index in [2.05, 4.69) is 22.4 Å². The van der Waals surface area contributed by atoms with E-state index < -0.39 is 5.60 Å². The first-order valence-corrected chi connectivity index (χ1v) is 4.88. The van der Waals surface area contributed by atoms with E-state index in [0.29, 0.717) is 13.1 Å². The molecule has 1 saturated heterocycles. The molecule has 0 bridgehead atoms. The molecule has 1 fully saturated rings. The maximum absolute atomic E-state index is 11.4. The Hall–Kier alpha value is -0.930. The van der Waals surface area contributed by atoms with E-state index in [9.17, 15) is 4.79 Å². The molecule has 0 aliphatic carbocycles. The Labute approximate surface area is 88.9 Å². The van der Waals surface area contributed by atoms with Crippen LogP contribution in [0.4, 0.5) is 4.79 Å². The van der Waals surface area contributed by atoms with Crippen LogP contribution in [0.25, 0.3) is 0 Å². The summed E-state index contributed by atoms with van der Waals surface area (Å²) in [4.78, 5) is 16.9. The van der Waals surface area contributed by atoms with Gasteiger partial charge < -0.3 is 9.64 Å². The molecular weight excluding hydrogens is 200 g/mol. The maximum atomic E-state index is 11.4. The number of thiocarbonyl (C=S) groups is 1. The van der Waals surface area contributed by atoms with Gasteiger partial charge in [-0.2, -0.15) is 0 Å². The van der Waals surface area contributed by atoms with Crippen LogP contribution in [0, 0.1) is 0 Å². The summed E-state index contributed by atoms with van der Waals surface area (Å²) in [6.45, 7) is 6.70. The summed E-state index contributed by atoms with van der Waals surface area (Å²) < 4.78 is 5.17. The number of amides is 1. The number of isothiocyanates is 1. The van der Waals surface area contributed by atoms with Gasteiger partial charge in [-0.3, -0.25) is 0 Å². The van der Waals surface area contributed by atoms with Crippen molar-refractivity contribution in [2.75, 3.05) is 13.1 Å². The third-order valence-corrected chi connectivity index (χ3v) is 1.85. The maximum Gasteiger partial charge on any atom is 0.410 e. The predicted molar refractivity (Wildman–Crippen MR) is 56.6 cm³/mol. The van der Waals surface area contributed by atoms with Crippen LogP contribution in [0.3, 0.4) is 0 Å². The molecule has 0 saturated carbocycles. The number of rotatable bonds is 1. The zero-order chi connectivity index (χ0) is 10.8. The fourth-order valence-corrected chi connectivity index (χ4v) is 1.24. The highest BCUT2D eigenvalue weighted by Crippen LogP contribution is 2.16. The van der Waals surface area contributed by atoms with Crippen LogP contribution in [0.2, 0.25) is 0 Å². The Balaban J connectivity index is 2.33. The quantitative estimate of drug-likeness (QED) is 0.493. The highest BCUT2D eigenvalue weighted by Gasteiger charge is 2.33. The number of carbonyl (C=O) groups excluding carboxylic acids is 1. The van der Waals surface area contributed by atoms with E-state index in [1.807, 2.05) is 20.8 Å². The Morgan fingerprint density at radius 3 is 2.57 bits per heavy atom. The van der Waals surface area contributed by atoms with Crippen LogP contribution >= 0.6 is 12.2 Å². The van der Waals surface area contributed by atoms with Crippen molar-refractivity contribution in [1.82, 2.24) is 4.90 Å². The molecular formula is C9H14N2O2S. The number of nitrogens with zero attached hydrogens (tertiary/aromatic N) is 2. The molecule has 1 heterocycles. The number of aliphatic imine (C=N–C) groups is 1. The van der Waals surface area contributed by atoms with Crippen molar-refractivity contribution in [3.63, 3.8) is 0 Å². The summed E-state index contributed by atoms with van der Waals surface area (Å²) in [5, 5.41) is 2.31. The minimum atomic E-state index is -0.435. The van der Waals surface area contributed by atoms with Gasteiger partial charge >= 0.3 is 6.09 Å². The molecule has 0 radical (unpaired) electrons. The molecule has 0 aromatic rings. The van der Waals surface area contributed by atoms with Crippen molar-refractivity contribution in [3.05, 3.63) is 0 Å². The topological polar surface area (TPSA) is 41.9 Å². The van der Waals surface area contributed by atoms with Crippen molar-refractivity contribution in [3.8, 4) is 0 Å². The fraction of sp³-hybridized carbons (Fsp3) is 0.778. The number of likely N-dealkylation sites (tertiary alicyclic amines) is 1. The average Bonchev–Trinajstić information content (AvgIpc) is 1.91. The average molecular weight is 214 g/mol.